The third kappa shape index (κ3) is 3.58. The van der Waals surface area contributed by atoms with Crippen LogP contribution in [0.3, 0.4) is 0 Å². The van der Waals surface area contributed by atoms with Crippen molar-refractivity contribution in [1.82, 2.24) is 15.5 Å². The molecule has 5 nitrogen and oxygen atoms in total. The smallest absolute Gasteiger partial charge is 0.321 e. The molecule has 1 aliphatic heterocycles. The van der Waals surface area contributed by atoms with Gasteiger partial charge in [-0.3, -0.25) is 15.0 Å². The number of urea groups is 1. The number of nitrogens with one attached hydrogen (secondary N) is 2. The first-order valence-corrected chi connectivity index (χ1v) is 7.76. The summed E-state index contributed by atoms with van der Waals surface area (Å²) in [6.45, 7) is 7.19. The summed E-state index contributed by atoms with van der Waals surface area (Å²) < 4.78 is 0. The van der Waals surface area contributed by atoms with E-state index in [1.165, 1.54) is 10.4 Å². The Morgan fingerprint density at radius 2 is 2.10 bits per heavy atom. The zero-order valence-corrected chi connectivity index (χ0v) is 12.9. The van der Waals surface area contributed by atoms with Crippen LogP contribution in [-0.2, 0) is 17.8 Å². The van der Waals surface area contributed by atoms with Crippen LogP contribution in [-0.4, -0.2) is 35.5 Å². The van der Waals surface area contributed by atoms with Crippen LogP contribution in [0, 0.1) is 0 Å². The molecule has 0 aromatic carbocycles. The summed E-state index contributed by atoms with van der Waals surface area (Å²) in [6, 6.07) is 1.40. The zero-order chi connectivity index (χ0) is 14.7. The molecule has 1 atom stereocenters. The minimum Gasteiger partial charge on any atom is -0.336 e. The lowest BCUT2D eigenvalue weighted by Crippen LogP contribution is -2.51. The maximum absolute atomic E-state index is 12.1. The largest absolute Gasteiger partial charge is 0.336 e. The molecule has 0 saturated carbocycles. The molecular weight excluding hydrogens is 274 g/mol. The molecule has 0 radical (unpaired) electrons. The topological polar surface area (TPSA) is 61.4 Å². The van der Waals surface area contributed by atoms with Crippen LogP contribution in [0.15, 0.2) is 11.4 Å². The van der Waals surface area contributed by atoms with Gasteiger partial charge in [-0.2, -0.15) is 0 Å². The second-order valence-electron chi connectivity index (χ2n) is 5.38. The second-order valence-corrected chi connectivity index (χ2v) is 6.38. The summed E-state index contributed by atoms with van der Waals surface area (Å²) in [5.41, 5.74) is 1.30. The van der Waals surface area contributed by atoms with Crippen LogP contribution < -0.4 is 10.6 Å². The van der Waals surface area contributed by atoms with Crippen LogP contribution in [0.4, 0.5) is 4.79 Å². The summed E-state index contributed by atoms with van der Waals surface area (Å²) in [5.74, 6) is -0.248. The van der Waals surface area contributed by atoms with Crippen molar-refractivity contribution in [1.29, 1.82) is 0 Å². The van der Waals surface area contributed by atoms with Crippen molar-refractivity contribution in [2.24, 2.45) is 0 Å². The predicted octanol–water partition coefficient (Wildman–Crippen LogP) is 1.73. The number of amides is 3. The molecule has 3 amide bonds. The van der Waals surface area contributed by atoms with Crippen LogP contribution >= 0.6 is 11.3 Å². The number of imide groups is 1. The minimum atomic E-state index is -0.426. The van der Waals surface area contributed by atoms with Gasteiger partial charge in [-0.15, -0.1) is 11.3 Å². The van der Waals surface area contributed by atoms with Gasteiger partial charge in [0, 0.05) is 24.0 Å². The maximum atomic E-state index is 12.1. The highest BCUT2D eigenvalue weighted by Crippen LogP contribution is 2.25. The standard InChI is InChI=1S/C14H21N3O2S/c1-9(2)15-14(19)16-13(18)10(3)17-6-4-12-11(8-17)5-7-20-12/h5,7,9-10H,4,6,8H2,1-3H3,(H2,15,16,18,19). The summed E-state index contributed by atoms with van der Waals surface area (Å²) >= 11 is 1.77. The molecule has 0 spiro atoms. The van der Waals surface area contributed by atoms with Gasteiger partial charge in [-0.25, -0.2) is 4.79 Å². The van der Waals surface area contributed by atoms with E-state index in [2.05, 4.69) is 27.0 Å². The Morgan fingerprint density at radius 1 is 1.35 bits per heavy atom. The third-order valence-corrected chi connectivity index (χ3v) is 4.44. The molecule has 0 saturated heterocycles. The van der Waals surface area contributed by atoms with Gasteiger partial charge >= 0.3 is 6.03 Å². The lowest BCUT2D eigenvalue weighted by Gasteiger charge is -2.31. The van der Waals surface area contributed by atoms with Crippen molar-refractivity contribution < 1.29 is 9.59 Å². The summed E-state index contributed by atoms with van der Waals surface area (Å²) in [5, 5.41) is 7.15. The molecule has 1 aromatic rings. The first-order chi connectivity index (χ1) is 9.47. The number of fused-ring (bicyclic) bond motifs is 1. The quantitative estimate of drug-likeness (QED) is 0.893. The molecule has 110 valence electrons. The predicted molar refractivity (Wildman–Crippen MR) is 79.7 cm³/mol. The molecule has 0 bridgehead atoms. The molecule has 0 fully saturated rings. The van der Waals surface area contributed by atoms with Gasteiger partial charge in [0.2, 0.25) is 5.91 Å². The van der Waals surface area contributed by atoms with E-state index in [0.29, 0.717) is 0 Å². The summed E-state index contributed by atoms with van der Waals surface area (Å²) in [6.07, 6.45) is 0.975. The van der Waals surface area contributed by atoms with E-state index < -0.39 is 6.03 Å². The van der Waals surface area contributed by atoms with E-state index in [1.807, 2.05) is 20.8 Å². The second kappa shape index (κ2) is 6.37. The number of hydrogen-bond acceptors (Lipinski definition) is 4. The minimum absolute atomic E-state index is 0.0152. The molecule has 0 aliphatic carbocycles. The molecule has 1 unspecified atom stereocenters. The summed E-state index contributed by atoms with van der Waals surface area (Å²) in [4.78, 5) is 27.1. The van der Waals surface area contributed by atoms with Crippen molar-refractivity contribution in [3.05, 3.63) is 21.9 Å². The fourth-order valence-electron chi connectivity index (χ4n) is 2.28. The molecule has 1 aromatic heterocycles. The van der Waals surface area contributed by atoms with Crippen molar-refractivity contribution in [3.63, 3.8) is 0 Å². The van der Waals surface area contributed by atoms with Gasteiger partial charge in [0.1, 0.15) is 0 Å². The monoisotopic (exact) mass is 295 g/mol. The Kier molecular flexibility index (Phi) is 4.77. The Labute approximate surface area is 123 Å². The zero-order valence-electron chi connectivity index (χ0n) is 12.1. The van der Waals surface area contributed by atoms with E-state index >= 15 is 0 Å². The first-order valence-electron chi connectivity index (χ1n) is 6.88. The third-order valence-electron chi connectivity index (χ3n) is 3.42. The van der Waals surface area contributed by atoms with E-state index in [-0.39, 0.29) is 18.0 Å². The van der Waals surface area contributed by atoms with E-state index in [4.69, 9.17) is 0 Å². The van der Waals surface area contributed by atoms with Crippen LogP contribution in [0.5, 0.6) is 0 Å². The molecule has 2 N–H and O–H groups in total. The van der Waals surface area contributed by atoms with Crippen LogP contribution in [0.2, 0.25) is 0 Å². The molecular formula is C14H21N3O2S. The first kappa shape index (κ1) is 15.0. The Morgan fingerprint density at radius 3 is 2.80 bits per heavy atom. The highest BCUT2D eigenvalue weighted by atomic mass is 32.1. The average Bonchev–Trinajstić information content (AvgIpc) is 2.83. The molecule has 6 heteroatoms. The number of carbonyl (C=O) groups is 2. The number of thiophene rings is 1. The Bertz CT molecular complexity index is 498. The van der Waals surface area contributed by atoms with Gasteiger partial charge in [0.25, 0.3) is 0 Å². The molecule has 20 heavy (non-hydrogen) atoms. The molecule has 2 heterocycles. The van der Waals surface area contributed by atoms with Crippen molar-refractivity contribution in [3.8, 4) is 0 Å². The number of hydrogen-bond donors (Lipinski definition) is 2. The highest BCUT2D eigenvalue weighted by molar-refractivity contribution is 7.10. The number of carbonyl (C=O) groups excluding carboxylic acids is 2. The molecule has 1 aliphatic rings. The van der Waals surface area contributed by atoms with Gasteiger partial charge in [-0.1, -0.05) is 0 Å². The lowest BCUT2D eigenvalue weighted by atomic mass is 10.1. The average molecular weight is 295 g/mol. The number of rotatable bonds is 3. The van der Waals surface area contributed by atoms with Gasteiger partial charge in [0.05, 0.1) is 6.04 Å². The van der Waals surface area contributed by atoms with E-state index in [0.717, 1.165) is 19.5 Å². The maximum Gasteiger partial charge on any atom is 0.321 e. The SMILES string of the molecule is CC(C)NC(=O)NC(=O)C(C)N1CCc2sccc2C1. The van der Waals surface area contributed by atoms with Gasteiger partial charge in [0.15, 0.2) is 0 Å². The summed E-state index contributed by atoms with van der Waals surface area (Å²) in [7, 11) is 0. The van der Waals surface area contributed by atoms with Gasteiger partial charge in [-0.05, 0) is 44.2 Å². The number of nitrogens with zero attached hydrogens (tertiary/aromatic N) is 1. The van der Waals surface area contributed by atoms with Gasteiger partial charge < -0.3 is 5.32 Å². The fraction of sp³-hybridized carbons (Fsp3) is 0.571. The Hall–Kier alpha value is -1.40. The highest BCUT2D eigenvalue weighted by Gasteiger charge is 2.26. The van der Waals surface area contributed by atoms with Crippen LogP contribution in [0.25, 0.3) is 0 Å². The lowest BCUT2D eigenvalue weighted by molar-refractivity contribution is -0.125. The Balaban J connectivity index is 1.90. The van der Waals surface area contributed by atoms with Crippen molar-refractivity contribution in [2.75, 3.05) is 6.54 Å². The van der Waals surface area contributed by atoms with E-state index in [1.54, 1.807) is 11.3 Å². The fourth-order valence-corrected chi connectivity index (χ4v) is 3.17. The van der Waals surface area contributed by atoms with E-state index in [9.17, 15) is 9.59 Å². The van der Waals surface area contributed by atoms with Crippen molar-refractivity contribution in [2.45, 2.75) is 45.8 Å². The van der Waals surface area contributed by atoms with Crippen LogP contribution in [0.1, 0.15) is 31.2 Å². The van der Waals surface area contributed by atoms with Crippen molar-refractivity contribution >= 4 is 23.3 Å². The molecule has 2 rings (SSSR count). The normalized spacial score (nSPS) is 16.6.